The number of amides is 1. The van der Waals surface area contributed by atoms with E-state index in [1.807, 2.05) is 55.3 Å². The quantitative estimate of drug-likeness (QED) is 0.677. The van der Waals surface area contributed by atoms with Crippen LogP contribution in [-0.4, -0.2) is 43.8 Å². The van der Waals surface area contributed by atoms with Gasteiger partial charge in [-0.2, -0.15) is 0 Å². The lowest BCUT2D eigenvalue weighted by Crippen LogP contribution is -2.41. The topological polar surface area (TPSA) is 71.9 Å². The Morgan fingerprint density at radius 1 is 1.10 bits per heavy atom. The summed E-state index contributed by atoms with van der Waals surface area (Å²) in [6.45, 7) is 5.42. The molecule has 1 amide bonds. The van der Waals surface area contributed by atoms with E-state index < -0.39 is 0 Å². The Morgan fingerprint density at radius 2 is 1.93 bits per heavy atom. The van der Waals surface area contributed by atoms with Gasteiger partial charge in [-0.15, -0.1) is 0 Å². The van der Waals surface area contributed by atoms with Crippen molar-refractivity contribution in [1.29, 1.82) is 0 Å². The molecule has 0 aliphatic carbocycles. The molecule has 4 rings (SSSR count). The van der Waals surface area contributed by atoms with E-state index in [0.717, 1.165) is 41.9 Å². The fraction of sp³-hybridized carbons (Fsp3) is 0.348. The number of piperidine rings is 1. The number of carbonyl (C=O) groups is 1. The summed E-state index contributed by atoms with van der Waals surface area (Å²) in [4.78, 5) is 32.6. The van der Waals surface area contributed by atoms with Crippen molar-refractivity contribution in [3.8, 4) is 22.6 Å². The molecule has 1 atom stereocenters. The lowest BCUT2D eigenvalue weighted by molar-refractivity contribution is -0.135. The molecule has 1 aliphatic rings. The summed E-state index contributed by atoms with van der Waals surface area (Å²) in [5.41, 5.74) is 3.76. The fourth-order valence-electron chi connectivity index (χ4n) is 3.84. The summed E-state index contributed by atoms with van der Waals surface area (Å²) in [6.07, 6.45) is 9.16. The molecule has 0 N–H and O–H groups in total. The lowest BCUT2D eigenvalue weighted by atomic mass is 9.89. The zero-order chi connectivity index (χ0) is 20.2. The predicted molar refractivity (Wildman–Crippen MR) is 112 cm³/mol. The molecule has 3 aromatic rings. The average molecular weight is 387 g/mol. The van der Waals surface area contributed by atoms with Crippen LogP contribution < -0.4 is 0 Å². The van der Waals surface area contributed by atoms with E-state index in [-0.39, 0.29) is 17.7 Å². The predicted octanol–water partition coefficient (Wildman–Crippen LogP) is 3.96. The monoisotopic (exact) mass is 387 g/mol. The summed E-state index contributed by atoms with van der Waals surface area (Å²) >= 11 is 0. The van der Waals surface area contributed by atoms with Crippen molar-refractivity contribution in [2.45, 2.75) is 32.6 Å². The zero-order valence-corrected chi connectivity index (χ0v) is 16.8. The minimum Gasteiger partial charge on any atom is -0.342 e. The van der Waals surface area contributed by atoms with Crippen molar-refractivity contribution in [2.75, 3.05) is 13.1 Å². The van der Waals surface area contributed by atoms with Gasteiger partial charge in [0.25, 0.3) is 0 Å². The van der Waals surface area contributed by atoms with Gasteiger partial charge >= 0.3 is 0 Å². The van der Waals surface area contributed by atoms with E-state index in [2.05, 4.69) is 15.0 Å². The van der Waals surface area contributed by atoms with Crippen molar-refractivity contribution in [2.24, 2.45) is 5.92 Å². The molecule has 0 bridgehead atoms. The summed E-state index contributed by atoms with van der Waals surface area (Å²) in [6, 6.07) is 9.68. The van der Waals surface area contributed by atoms with Gasteiger partial charge in [0.15, 0.2) is 5.82 Å². The van der Waals surface area contributed by atoms with Gasteiger partial charge in [-0.25, -0.2) is 9.97 Å². The molecule has 1 fully saturated rings. The third-order valence-electron chi connectivity index (χ3n) is 5.32. The SMILES string of the molecule is CC(C)C(=O)N1CCCC(c2nc(-c3ccccn3)ncc2-c2ccncc2)C1. The van der Waals surface area contributed by atoms with E-state index >= 15 is 0 Å². The third-order valence-corrected chi connectivity index (χ3v) is 5.32. The van der Waals surface area contributed by atoms with Gasteiger partial charge < -0.3 is 4.90 Å². The first kappa shape index (κ1) is 19.2. The van der Waals surface area contributed by atoms with Crippen LogP contribution in [0.15, 0.2) is 55.1 Å². The number of hydrogen-bond donors (Lipinski definition) is 0. The first-order chi connectivity index (χ1) is 14.1. The van der Waals surface area contributed by atoms with Gasteiger partial charge in [-0.3, -0.25) is 14.8 Å². The minimum absolute atomic E-state index is 0.00268. The molecule has 3 aromatic heterocycles. The first-order valence-corrected chi connectivity index (χ1v) is 10.1. The van der Waals surface area contributed by atoms with Crippen molar-refractivity contribution >= 4 is 5.91 Å². The Balaban J connectivity index is 1.75. The molecular weight excluding hydrogens is 362 g/mol. The van der Waals surface area contributed by atoms with Crippen LogP contribution in [0.25, 0.3) is 22.6 Å². The van der Waals surface area contributed by atoms with E-state index in [4.69, 9.17) is 4.98 Å². The van der Waals surface area contributed by atoms with Crippen LogP contribution in [0.5, 0.6) is 0 Å². The largest absolute Gasteiger partial charge is 0.342 e. The second-order valence-corrected chi connectivity index (χ2v) is 7.72. The van der Waals surface area contributed by atoms with Crippen LogP contribution in [0, 0.1) is 5.92 Å². The Kier molecular flexibility index (Phi) is 5.60. The molecular formula is C23H25N5O. The van der Waals surface area contributed by atoms with E-state index in [0.29, 0.717) is 12.4 Å². The van der Waals surface area contributed by atoms with Crippen LogP contribution in [0.3, 0.4) is 0 Å². The Hall–Kier alpha value is -3.15. The van der Waals surface area contributed by atoms with Gasteiger partial charge in [0.2, 0.25) is 5.91 Å². The Morgan fingerprint density at radius 3 is 2.66 bits per heavy atom. The number of hydrogen-bond acceptors (Lipinski definition) is 5. The van der Waals surface area contributed by atoms with Crippen LogP contribution >= 0.6 is 0 Å². The summed E-state index contributed by atoms with van der Waals surface area (Å²) < 4.78 is 0. The maximum absolute atomic E-state index is 12.6. The van der Waals surface area contributed by atoms with Crippen LogP contribution in [0.4, 0.5) is 0 Å². The van der Waals surface area contributed by atoms with Gasteiger partial charge in [-0.05, 0) is 42.7 Å². The summed E-state index contributed by atoms with van der Waals surface area (Å²) in [5, 5.41) is 0. The summed E-state index contributed by atoms with van der Waals surface area (Å²) in [7, 11) is 0. The Bertz CT molecular complexity index is 975. The number of likely N-dealkylation sites (tertiary alicyclic amines) is 1. The smallest absolute Gasteiger partial charge is 0.225 e. The van der Waals surface area contributed by atoms with Crippen LogP contribution in [0.1, 0.15) is 38.3 Å². The number of pyridine rings is 2. The molecule has 0 radical (unpaired) electrons. The highest BCUT2D eigenvalue weighted by molar-refractivity contribution is 5.78. The number of aromatic nitrogens is 4. The van der Waals surface area contributed by atoms with E-state index in [1.165, 1.54) is 0 Å². The highest BCUT2D eigenvalue weighted by Gasteiger charge is 2.29. The molecule has 1 aliphatic heterocycles. The highest BCUT2D eigenvalue weighted by atomic mass is 16.2. The molecule has 6 heteroatoms. The number of rotatable bonds is 4. The minimum atomic E-state index is 0.00268. The Labute approximate surface area is 171 Å². The highest BCUT2D eigenvalue weighted by Crippen LogP contribution is 2.34. The molecule has 1 saturated heterocycles. The normalized spacial score (nSPS) is 16.8. The molecule has 0 spiro atoms. The molecule has 0 saturated carbocycles. The van der Waals surface area contributed by atoms with E-state index in [1.54, 1.807) is 18.6 Å². The maximum Gasteiger partial charge on any atom is 0.225 e. The maximum atomic E-state index is 12.6. The van der Waals surface area contributed by atoms with Crippen LogP contribution in [-0.2, 0) is 4.79 Å². The first-order valence-electron chi connectivity index (χ1n) is 10.1. The molecule has 6 nitrogen and oxygen atoms in total. The van der Waals surface area contributed by atoms with Crippen molar-refractivity contribution in [1.82, 2.24) is 24.8 Å². The summed E-state index contributed by atoms with van der Waals surface area (Å²) in [5.74, 6) is 0.993. The molecule has 29 heavy (non-hydrogen) atoms. The average Bonchev–Trinajstić information content (AvgIpc) is 2.79. The second kappa shape index (κ2) is 8.47. The third kappa shape index (κ3) is 4.16. The van der Waals surface area contributed by atoms with Crippen molar-refractivity contribution in [3.63, 3.8) is 0 Å². The molecule has 4 heterocycles. The van der Waals surface area contributed by atoms with Crippen LogP contribution in [0.2, 0.25) is 0 Å². The van der Waals surface area contributed by atoms with Gasteiger partial charge in [0.05, 0.1) is 5.69 Å². The van der Waals surface area contributed by atoms with Crippen molar-refractivity contribution < 1.29 is 4.79 Å². The standard InChI is InChI=1S/C23H25N5O/c1-16(2)23(29)28-13-5-6-18(15-28)21-19(17-8-11-24-12-9-17)14-26-22(27-21)20-7-3-4-10-25-20/h3-4,7-12,14,16,18H,5-6,13,15H2,1-2H3. The van der Waals surface area contributed by atoms with Crippen molar-refractivity contribution in [3.05, 3.63) is 60.8 Å². The van der Waals surface area contributed by atoms with E-state index in [9.17, 15) is 4.79 Å². The number of carbonyl (C=O) groups excluding carboxylic acids is 1. The molecule has 1 unspecified atom stereocenters. The number of nitrogens with zero attached hydrogens (tertiary/aromatic N) is 5. The van der Waals surface area contributed by atoms with Gasteiger partial charge in [0, 0.05) is 55.3 Å². The molecule has 0 aromatic carbocycles. The fourth-order valence-corrected chi connectivity index (χ4v) is 3.84. The van der Waals surface area contributed by atoms with Gasteiger partial charge in [-0.1, -0.05) is 19.9 Å². The zero-order valence-electron chi connectivity index (χ0n) is 16.8. The van der Waals surface area contributed by atoms with Gasteiger partial charge in [0.1, 0.15) is 5.69 Å². The molecule has 148 valence electrons. The lowest BCUT2D eigenvalue weighted by Gasteiger charge is -2.34. The second-order valence-electron chi connectivity index (χ2n) is 7.72.